The van der Waals surface area contributed by atoms with E-state index in [0.717, 1.165) is 48.3 Å². The topological polar surface area (TPSA) is 61.4 Å². The molecule has 0 saturated carbocycles. The van der Waals surface area contributed by atoms with Gasteiger partial charge in [0.25, 0.3) is 0 Å². The Kier molecular flexibility index (Phi) is 4.51. The third-order valence-electron chi connectivity index (χ3n) is 4.61. The average molecular weight is 343 g/mol. The lowest BCUT2D eigenvalue weighted by atomic mass is 10.1. The van der Waals surface area contributed by atoms with Crippen LogP contribution in [-0.2, 0) is 0 Å². The number of aliphatic hydroxyl groups excluding tert-OH is 1. The highest BCUT2D eigenvalue weighted by molar-refractivity contribution is 7.07. The summed E-state index contributed by atoms with van der Waals surface area (Å²) in [6.45, 7) is 2.52. The van der Waals surface area contributed by atoms with E-state index >= 15 is 0 Å². The number of hydrogen-bond donors (Lipinski definition) is 2. The van der Waals surface area contributed by atoms with Gasteiger partial charge in [-0.2, -0.15) is 0 Å². The molecule has 0 spiro atoms. The molecule has 1 unspecified atom stereocenters. The van der Waals surface area contributed by atoms with Crippen molar-refractivity contribution in [3.05, 3.63) is 47.0 Å². The second-order valence-electron chi connectivity index (χ2n) is 6.24. The maximum Gasteiger partial charge on any atom is 0.129 e. The first kappa shape index (κ1) is 15.6. The molecule has 0 amide bonds. The molecule has 126 valence electrons. The molecular formula is C18H21N3O2S. The van der Waals surface area contributed by atoms with Crippen LogP contribution in [0.4, 0.5) is 0 Å². The van der Waals surface area contributed by atoms with Gasteiger partial charge in [0.2, 0.25) is 0 Å². The number of hydrogen-bond acceptors (Lipinski definition) is 5. The zero-order chi connectivity index (χ0) is 16.4. The molecule has 0 radical (unpaired) electrons. The van der Waals surface area contributed by atoms with Gasteiger partial charge in [-0.15, -0.1) is 11.3 Å². The molecule has 1 aliphatic heterocycles. The SMILES string of the molecule is OC(CN1CCC(Oc2cccc3[nH]ccc23)CC1)c1cscn1. The van der Waals surface area contributed by atoms with Crippen LogP contribution in [0.15, 0.2) is 41.4 Å². The molecule has 24 heavy (non-hydrogen) atoms. The number of ether oxygens (including phenoxy) is 1. The summed E-state index contributed by atoms with van der Waals surface area (Å²) in [6.07, 6.45) is 3.63. The quantitative estimate of drug-likeness (QED) is 0.747. The number of β-amino-alcohol motifs (C(OH)–C–C–N with tert-alkyl or cyclic N) is 1. The number of aromatic amines is 1. The van der Waals surface area contributed by atoms with Crippen LogP contribution >= 0.6 is 11.3 Å². The number of aliphatic hydroxyl groups is 1. The second kappa shape index (κ2) is 6.93. The Hall–Kier alpha value is -1.89. The summed E-state index contributed by atoms with van der Waals surface area (Å²) < 4.78 is 6.23. The number of nitrogens with one attached hydrogen (secondary N) is 1. The predicted molar refractivity (Wildman–Crippen MR) is 95.5 cm³/mol. The van der Waals surface area contributed by atoms with Gasteiger partial charge in [-0.05, 0) is 31.0 Å². The summed E-state index contributed by atoms with van der Waals surface area (Å²) in [4.78, 5) is 9.70. The molecule has 1 atom stereocenters. The van der Waals surface area contributed by atoms with Crippen LogP contribution in [-0.4, -0.2) is 45.7 Å². The van der Waals surface area contributed by atoms with E-state index in [-0.39, 0.29) is 6.10 Å². The number of aromatic nitrogens is 2. The summed E-state index contributed by atoms with van der Waals surface area (Å²) in [6, 6.07) is 8.18. The van der Waals surface area contributed by atoms with Crippen molar-refractivity contribution in [2.75, 3.05) is 19.6 Å². The first-order chi connectivity index (χ1) is 11.8. The Bertz CT molecular complexity index is 779. The highest BCUT2D eigenvalue weighted by Crippen LogP contribution is 2.28. The smallest absolute Gasteiger partial charge is 0.129 e. The molecule has 3 heterocycles. The van der Waals surface area contributed by atoms with E-state index in [1.807, 2.05) is 23.7 Å². The van der Waals surface area contributed by atoms with Gasteiger partial charge in [0.05, 0.1) is 11.2 Å². The van der Waals surface area contributed by atoms with E-state index in [1.54, 1.807) is 5.51 Å². The second-order valence-corrected chi connectivity index (χ2v) is 6.96. The maximum atomic E-state index is 10.2. The molecule has 5 nitrogen and oxygen atoms in total. The standard InChI is InChI=1S/C18H21N3O2S/c22-17(16-11-24-12-20-16)10-21-8-5-13(6-9-21)23-18-3-1-2-15-14(18)4-7-19-15/h1-4,7,11-13,17,19,22H,5-6,8-10H2. The molecule has 6 heteroatoms. The van der Waals surface area contributed by atoms with Gasteiger partial charge in [-0.3, -0.25) is 0 Å². The van der Waals surface area contributed by atoms with Crippen molar-refractivity contribution in [3.8, 4) is 5.75 Å². The van der Waals surface area contributed by atoms with Gasteiger partial charge in [0, 0.05) is 42.1 Å². The molecule has 0 aliphatic carbocycles. The van der Waals surface area contributed by atoms with E-state index in [2.05, 4.69) is 27.0 Å². The number of fused-ring (bicyclic) bond motifs is 1. The van der Waals surface area contributed by atoms with Gasteiger partial charge in [-0.25, -0.2) is 4.98 Å². The highest BCUT2D eigenvalue weighted by Gasteiger charge is 2.23. The third-order valence-corrected chi connectivity index (χ3v) is 5.21. The largest absolute Gasteiger partial charge is 0.490 e. The summed E-state index contributed by atoms with van der Waals surface area (Å²) in [5.74, 6) is 0.953. The van der Waals surface area contributed by atoms with E-state index < -0.39 is 6.10 Å². The molecule has 3 aromatic rings. The monoisotopic (exact) mass is 343 g/mol. The third kappa shape index (κ3) is 3.31. The van der Waals surface area contributed by atoms with Gasteiger partial charge >= 0.3 is 0 Å². The maximum absolute atomic E-state index is 10.2. The molecule has 2 aromatic heterocycles. The van der Waals surface area contributed by atoms with Crippen molar-refractivity contribution in [1.29, 1.82) is 0 Å². The van der Waals surface area contributed by atoms with E-state index in [9.17, 15) is 5.11 Å². The summed E-state index contributed by atoms with van der Waals surface area (Å²) in [7, 11) is 0. The van der Waals surface area contributed by atoms with Gasteiger partial charge in [0.1, 0.15) is 18.0 Å². The van der Waals surface area contributed by atoms with Crippen LogP contribution < -0.4 is 4.74 Å². The van der Waals surface area contributed by atoms with Crippen molar-refractivity contribution < 1.29 is 9.84 Å². The van der Waals surface area contributed by atoms with Crippen molar-refractivity contribution in [1.82, 2.24) is 14.9 Å². The number of thiazole rings is 1. The van der Waals surface area contributed by atoms with E-state index in [0.29, 0.717) is 6.54 Å². The lowest BCUT2D eigenvalue weighted by Gasteiger charge is -2.33. The summed E-state index contributed by atoms with van der Waals surface area (Å²) in [5.41, 5.74) is 3.65. The Morgan fingerprint density at radius 2 is 2.21 bits per heavy atom. The molecule has 1 aliphatic rings. The average Bonchev–Trinajstić information content (AvgIpc) is 3.28. The minimum Gasteiger partial charge on any atom is -0.490 e. The van der Waals surface area contributed by atoms with Gasteiger partial charge in [-0.1, -0.05) is 6.07 Å². The number of H-pyrrole nitrogens is 1. The minimum absolute atomic E-state index is 0.234. The van der Waals surface area contributed by atoms with Gasteiger partial charge in [0.15, 0.2) is 0 Å². The van der Waals surface area contributed by atoms with Crippen LogP contribution in [0.2, 0.25) is 0 Å². The van der Waals surface area contributed by atoms with Crippen LogP contribution in [0, 0.1) is 0 Å². The van der Waals surface area contributed by atoms with Gasteiger partial charge < -0.3 is 19.7 Å². The summed E-state index contributed by atoms with van der Waals surface area (Å²) >= 11 is 1.52. The Morgan fingerprint density at radius 3 is 3.00 bits per heavy atom. The molecule has 1 aromatic carbocycles. The molecule has 2 N–H and O–H groups in total. The molecule has 1 saturated heterocycles. The Balaban J connectivity index is 1.32. The van der Waals surface area contributed by atoms with Crippen LogP contribution in [0.3, 0.4) is 0 Å². The van der Waals surface area contributed by atoms with Crippen LogP contribution in [0.5, 0.6) is 5.75 Å². The highest BCUT2D eigenvalue weighted by atomic mass is 32.1. The number of likely N-dealkylation sites (tertiary alicyclic amines) is 1. The lowest BCUT2D eigenvalue weighted by molar-refractivity contribution is 0.0603. The molecular weight excluding hydrogens is 322 g/mol. The van der Waals surface area contributed by atoms with Crippen molar-refractivity contribution in [2.24, 2.45) is 0 Å². The van der Waals surface area contributed by atoms with Crippen molar-refractivity contribution in [3.63, 3.8) is 0 Å². The number of benzene rings is 1. The Morgan fingerprint density at radius 1 is 1.33 bits per heavy atom. The fraction of sp³-hybridized carbons (Fsp3) is 0.389. The van der Waals surface area contributed by atoms with Crippen molar-refractivity contribution in [2.45, 2.75) is 25.0 Å². The van der Waals surface area contributed by atoms with E-state index in [4.69, 9.17) is 4.74 Å². The number of rotatable bonds is 5. The normalized spacial score (nSPS) is 18.0. The Labute approximate surface area is 144 Å². The molecule has 4 rings (SSSR count). The fourth-order valence-corrected chi connectivity index (χ4v) is 3.87. The zero-order valence-corrected chi connectivity index (χ0v) is 14.2. The summed E-state index contributed by atoms with van der Waals surface area (Å²) in [5, 5.41) is 13.3. The van der Waals surface area contributed by atoms with Crippen LogP contribution in [0.25, 0.3) is 10.9 Å². The predicted octanol–water partition coefficient (Wildman–Crippen LogP) is 3.20. The molecule has 0 bridgehead atoms. The minimum atomic E-state index is -0.498. The number of nitrogens with zero attached hydrogens (tertiary/aromatic N) is 2. The lowest BCUT2D eigenvalue weighted by Crippen LogP contribution is -2.40. The first-order valence-electron chi connectivity index (χ1n) is 8.31. The molecule has 1 fully saturated rings. The van der Waals surface area contributed by atoms with Crippen LogP contribution in [0.1, 0.15) is 24.6 Å². The zero-order valence-electron chi connectivity index (χ0n) is 13.4. The number of piperidine rings is 1. The fourth-order valence-electron chi connectivity index (χ4n) is 3.27. The first-order valence-corrected chi connectivity index (χ1v) is 9.25. The van der Waals surface area contributed by atoms with Crippen molar-refractivity contribution >= 4 is 22.2 Å². The van der Waals surface area contributed by atoms with E-state index in [1.165, 1.54) is 11.3 Å².